The first-order valence-electron chi connectivity index (χ1n) is 5.68. The predicted octanol–water partition coefficient (Wildman–Crippen LogP) is 0.279. The monoisotopic (exact) mass is 235 g/mol. The molecule has 1 amide bonds. The molecule has 0 radical (unpaired) electrons. The molecule has 4 nitrogen and oxygen atoms in total. The third-order valence-electron chi connectivity index (χ3n) is 3.05. The highest BCUT2D eigenvalue weighted by Gasteiger charge is 2.34. The van der Waals surface area contributed by atoms with Gasteiger partial charge in [-0.2, -0.15) is 0 Å². The van der Waals surface area contributed by atoms with Gasteiger partial charge in [0.15, 0.2) is 0 Å². The van der Waals surface area contributed by atoms with Crippen molar-refractivity contribution in [2.45, 2.75) is 18.4 Å². The Balaban J connectivity index is 1.93. The zero-order valence-corrected chi connectivity index (χ0v) is 9.90. The van der Waals surface area contributed by atoms with E-state index >= 15 is 0 Å². The lowest BCUT2D eigenvalue weighted by molar-refractivity contribution is -0.125. The molecule has 92 valence electrons. The van der Waals surface area contributed by atoms with Crippen LogP contribution in [0.3, 0.4) is 0 Å². The lowest BCUT2D eigenvalue weighted by Gasteiger charge is -2.22. The van der Waals surface area contributed by atoms with E-state index in [1.807, 2.05) is 24.3 Å². The first kappa shape index (κ1) is 12.1. The second-order valence-electron chi connectivity index (χ2n) is 4.56. The van der Waals surface area contributed by atoms with Crippen molar-refractivity contribution < 1.29 is 14.6 Å². The summed E-state index contributed by atoms with van der Waals surface area (Å²) >= 11 is 0. The van der Waals surface area contributed by atoms with Crippen LogP contribution < -0.4 is 5.32 Å². The Hall–Kier alpha value is -1.39. The van der Waals surface area contributed by atoms with Gasteiger partial charge in [-0.15, -0.1) is 0 Å². The van der Waals surface area contributed by atoms with Gasteiger partial charge in [0.05, 0.1) is 5.60 Å². The quantitative estimate of drug-likeness (QED) is 0.788. The summed E-state index contributed by atoms with van der Waals surface area (Å²) in [5.74, 6) is -0.197. The molecule has 2 rings (SSSR count). The smallest absolute Gasteiger partial charge is 0.246 e. The van der Waals surface area contributed by atoms with Gasteiger partial charge >= 0.3 is 0 Å². The van der Waals surface area contributed by atoms with Gasteiger partial charge in [-0.3, -0.25) is 4.79 Å². The minimum Gasteiger partial charge on any atom is -0.387 e. The lowest BCUT2D eigenvalue weighted by Crippen LogP contribution is -2.44. The van der Waals surface area contributed by atoms with Gasteiger partial charge in [-0.25, -0.2) is 0 Å². The molecular formula is C13H17NO3. The summed E-state index contributed by atoms with van der Waals surface area (Å²) in [6, 6.07) is 7.97. The maximum Gasteiger partial charge on any atom is 0.246 e. The molecule has 0 bridgehead atoms. The lowest BCUT2D eigenvalue weighted by atomic mass is 10.0. The largest absolute Gasteiger partial charge is 0.387 e. The number of fused-ring (bicyclic) bond motifs is 1. The van der Waals surface area contributed by atoms with Crippen LogP contribution in [-0.4, -0.2) is 36.9 Å². The molecule has 1 aliphatic carbocycles. The van der Waals surface area contributed by atoms with Crippen LogP contribution in [0.15, 0.2) is 24.3 Å². The third-order valence-corrected chi connectivity index (χ3v) is 3.05. The zero-order valence-electron chi connectivity index (χ0n) is 9.90. The van der Waals surface area contributed by atoms with Gasteiger partial charge in [0.1, 0.15) is 6.61 Å². The summed E-state index contributed by atoms with van der Waals surface area (Å²) in [4.78, 5) is 11.3. The molecule has 0 saturated carbocycles. The van der Waals surface area contributed by atoms with Crippen molar-refractivity contribution in [1.82, 2.24) is 5.32 Å². The minimum atomic E-state index is -0.854. The number of ether oxygens (including phenoxy) is 1. The summed E-state index contributed by atoms with van der Waals surface area (Å²) in [5, 5.41) is 13.1. The maximum atomic E-state index is 11.3. The summed E-state index contributed by atoms with van der Waals surface area (Å²) in [5.41, 5.74) is 1.47. The number of aliphatic hydroxyl groups is 1. The van der Waals surface area contributed by atoms with E-state index in [-0.39, 0.29) is 19.1 Å². The first-order valence-corrected chi connectivity index (χ1v) is 5.68. The topological polar surface area (TPSA) is 58.6 Å². The van der Waals surface area contributed by atoms with E-state index in [1.165, 1.54) is 7.11 Å². The molecule has 0 fully saturated rings. The Morgan fingerprint density at radius 2 is 2.00 bits per heavy atom. The fraction of sp³-hybridized carbons (Fsp3) is 0.462. The van der Waals surface area contributed by atoms with E-state index in [0.717, 1.165) is 11.1 Å². The van der Waals surface area contributed by atoms with E-state index in [0.29, 0.717) is 12.8 Å². The van der Waals surface area contributed by atoms with Crippen molar-refractivity contribution >= 4 is 5.91 Å². The van der Waals surface area contributed by atoms with Gasteiger partial charge in [-0.05, 0) is 11.1 Å². The summed E-state index contributed by atoms with van der Waals surface area (Å²) in [7, 11) is 1.47. The van der Waals surface area contributed by atoms with Crippen molar-refractivity contribution in [2.75, 3.05) is 20.3 Å². The second-order valence-corrected chi connectivity index (χ2v) is 4.56. The highest BCUT2D eigenvalue weighted by atomic mass is 16.5. The number of rotatable bonds is 4. The molecule has 1 aliphatic rings. The molecule has 0 aromatic heterocycles. The highest BCUT2D eigenvalue weighted by molar-refractivity contribution is 5.77. The molecule has 1 aromatic carbocycles. The molecule has 2 N–H and O–H groups in total. The molecule has 0 unspecified atom stereocenters. The van der Waals surface area contributed by atoms with Gasteiger partial charge in [-0.1, -0.05) is 24.3 Å². The van der Waals surface area contributed by atoms with Crippen LogP contribution in [0, 0.1) is 0 Å². The average molecular weight is 235 g/mol. The van der Waals surface area contributed by atoms with Crippen molar-refractivity contribution in [3.63, 3.8) is 0 Å². The molecule has 0 aliphatic heterocycles. The van der Waals surface area contributed by atoms with E-state index in [2.05, 4.69) is 5.32 Å². The average Bonchev–Trinajstić information content (AvgIpc) is 2.64. The van der Waals surface area contributed by atoms with E-state index in [4.69, 9.17) is 4.74 Å². The fourth-order valence-electron chi connectivity index (χ4n) is 2.24. The Morgan fingerprint density at radius 1 is 1.41 bits per heavy atom. The number of hydrogen-bond acceptors (Lipinski definition) is 3. The van der Waals surface area contributed by atoms with Crippen LogP contribution in [0.4, 0.5) is 0 Å². The molecule has 17 heavy (non-hydrogen) atoms. The third kappa shape index (κ3) is 2.84. The van der Waals surface area contributed by atoms with Crippen molar-refractivity contribution in [3.8, 4) is 0 Å². The van der Waals surface area contributed by atoms with Gasteiger partial charge in [0.25, 0.3) is 0 Å². The molecular weight excluding hydrogens is 218 g/mol. The first-order chi connectivity index (χ1) is 8.13. The fourth-order valence-corrected chi connectivity index (χ4v) is 2.24. The van der Waals surface area contributed by atoms with Crippen LogP contribution in [0.1, 0.15) is 11.1 Å². The molecule has 0 heterocycles. The van der Waals surface area contributed by atoms with E-state index < -0.39 is 5.60 Å². The Bertz CT molecular complexity index is 392. The Kier molecular flexibility index (Phi) is 3.45. The maximum absolute atomic E-state index is 11.3. The summed E-state index contributed by atoms with van der Waals surface area (Å²) in [6.45, 7) is 0.299. The normalized spacial score (nSPS) is 16.6. The van der Waals surface area contributed by atoms with Crippen molar-refractivity contribution in [1.29, 1.82) is 0 Å². The highest BCUT2D eigenvalue weighted by Crippen LogP contribution is 2.29. The predicted molar refractivity (Wildman–Crippen MR) is 63.7 cm³/mol. The van der Waals surface area contributed by atoms with E-state index in [1.54, 1.807) is 0 Å². The van der Waals surface area contributed by atoms with Crippen LogP contribution in [-0.2, 0) is 22.4 Å². The zero-order chi connectivity index (χ0) is 12.3. The number of methoxy groups -OCH3 is 1. The van der Waals surface area contributed by atoms with Crippen LogP contribution in [0.2, 0.25) is 0 Å². The Labute approximate surface area is 101 Å². The Morgan fingerprint density at radius 3 is 2.53 bits per heavy atom. The number of hydrogen-bond donors (Lipinski definition) is 2. The number of benzene rings is 1. The summed E-state index contributed by atoms with van der Waals surface area (Å²) < 4.78 is 4.72. The second kappa shape index (κ2) is 4.85. The number of carbonyl (C=O) groups excluding carboxylic acids is 1. The molecule has 1 aromatic rings. The van der Waals surface area contributed by atoms with Crippen molar-refractivity contribution in [2.24, 2.45) is 0 Å². The minimum absolute atomic E-state index is 0.0308. The number of amides is 1. The van der Waals surface area contributed by atoms with Crippen LogP contribution in [0.5, 0.6) is 0 Å². The molecule has 0 spiro atoms. The van der Waals surface area contributed by atoms with Crippen LogP contribution in [0.25, 0.3) is 0 Å². The van der Waals surface area contributed by atoms with E-state index in [9.17, 15) is 9.90 Å². The SMILES string of the molecule is COCC(=O)NCC1(O)Cc2ccccc2C1. The van der Waals surface area contributed by atoms with Crippen LogP contribution >= 0.6 is 0 Å². The summed E-state index contributed by atoms with van der Waals surface area (Å²) in [6.07, 6.45) is 1.19. The van der Waals surface area contributed by atoms with Gasteiger partial charge < -0.3 is 15.2 Å². The number of nitrogens with one attached hydrogen (secondary N) is 1. The number of carbonyl (C=O) groups is 1. The standard InChI is InChI=1S/C13H17NO3/c1-17-8-12(15)14-9-13(16)6-10-4-2-3-5-11(10)7-13/h2-5,16H,6-9H2,1H3,(H,14,15). The van der Waals surface area contributed by atoms with Gasteiger partial charge in [0.2, 0.25) is 5.91 Å². The van der Waals surface area contributed by atoms with Gasteiger partial charge in [0, 0.05) is 26.5 Å². The molecule has 4 heteroatoms. The molecule has 0 atom stereocenters. The van der Waals surface area contributed by atoms with Crippen molar-refractivity contribution in [3.05, 3.63) is 35.4 Å². The molecule has 0 saturated heterocycles.